The van der Waals surface area contributed by atoms with Crippen LogP contribution in [0.15, 0.2) is 29.8 Å². The van der Waals surface area contributed by atoms with Crippen LogP contribution < -0.4 is 9.80 Å². The van der Waals surface area contributed by atoms with Gasteiger partial charge in [0.25, 0.3) is 0 Å². The molecule has 1 amide bonds. The van der Waals surface area contributed by atoms with E-state index < -0.39 is 0 Å². The summed E-state index contributed by atoms with van der Waals surface area (Å²) in [6.07, 6.45) is 6.73. The number of piperidine rings is 2. The first kappa shape index (κ1) is 15.9. The highest BCUT2D eigenvalue weighted by Gasteiger charge is 2.71. The van der Waals surface area contributed by atoms with Gasteiger partial charge in [0.1, 0.15) is 0 Å². The minimum atomic E-state index is 0.0941. The molecular formula is C24H27N3O2. The third-order valence-corrected chi connectivity index (χ3v) is 9.51. The lowest BCUT2D eigenvalue weighted by Gasteiger charge is -2.58. The van der Waals surface area contributed by atoms with Crippen LogP contribution in [-0.2, 0) is 14.9 Å². The number of hydrogen-bond donors (Lipinski definition) is 0. The van der Waals surface area contributed by atoms with E-state index in [-0.39, 0.29) is 23.5 Å². The third kappa shape index (κ3) is 1.68. The largest absolute Gasteiger partial charge is 0.373 e. The summed E-state index contributed by atoms with van der Waals surface area (Å²) in [6, 6.07) is 7.87. The first-order valence-electron chi connectivity index (χ1n) is 11.5. The molecule has 2 bridgehead atoms. The Bertz CT molecular complexity index is 984. The van der Waals surface area contributed by atoms with Crippen LogP contribution >= 0.6 is 0 Å². The van der Waals surface area contributed by atoms with Gasteiger partial charge in [-0.1, -0.05) is 11.6 Å². The Kier molecular flexibility index (Phi) is 2.78. The number of anilines is 2. The average Bonchev–Trinajstić information content (AvgIpc) is 3.14. The molecule has 150 valence electrons. The van der Waals surface area contributed by atoms with Crippen molar-refractivity contribution in [2.75, 3.05) is 42.6 Å². The summed E-state index contributed by atoms with van der Waals surface area (Å²) in [6.45, 7) is 5.30. The molecule has 6 atom stereocenters. The lowest BCUT2D eigenvalue weighted by atomic mass is 9.53. The fourth-order valence-electron chi connectivity index (χ4n) is 8.31. The van der Waals surface area contributed by atoms with Gasteiger partial charge in [0, 0.05) is 48.4 Å². The van der Waals surface area contributed by atoms with Gasteiger partial charge in [0.2, 0.25) is 5.91 Å². The molecule has 6 heterocycles. The molecule has 5 fully saturated rings. The number of fused-ring (bicyclic) bond motifs is 2. The Labute approximate surface area is 171 Å². The van der Waals surface area contributed by atoms with Crippen LogP contribution in [0.5, 0.6) is 0 Å². The second-order valence-corrected chi connectivity index (χ2v) is 10.3. The normalized spacial score (nSPS) is 43.7. The molecule has 0 N–H and O–H groups in total. The third-order valence-electron chi connectivity index (χ3n) is 9.51. The van der Waals surface area contributed by atoms with Gasteiger partial charge in [-0.15, -0.1) is 0 Å². The molecule has 6 aliphatic heterocycles. The molecular weight excluding hydrogens is 362 g/mol. The zero-order valence-electron chi connectivity index (χ0n) is 16.7. The second kappa shape index (κ2) is 5.06. The van der Waals surface area contributed by atoms with Gasteiger partial charge in [-0.3, -0.25) is 9.69 Å². The Hall–Kier alpha value is -1.85. The van der Waals surface area contributed by atoms with Crippen LogP contribution in [0.3, 0.4) is 0 Å². The maximum atomic E-state index is 13.5. The first-order valence-corrected chi connectivity index (χ1v) is 11.5. The van der Waals surface area contributed by atoms with Crippen LogP contribution in [0.2, 0.25) is 0 Å². The lowest BCUT2D eigenvalue weighted by Crippen LogP contribution is -2.69. The van der Waals surface area contributed by atoms with E-state index >= 15 is 0 Å². The number of benzene rings is 1. The van der Waals surface area contributed by atoms with E-state index in [1.165, 1.54) is 55.8 Å². The molecule has 1 saturated carbocycles. The Morgan fingerprint density at radius 1 is 1.17 bits per heavy atom. The topological polar surface area (TPSA) is 36.0 Å². The van der Waals surface area contributed by atoms with Crippen molar-refractivity contribution in [1.82, 2.24) is 4.90 Å². The van der Waals surface area contributed by atoms with Gasteiger partial charge in [-0.05, 0) is 55.5 Å². The molecule has 29 heavy (non-hydrogen) atoms. The van der Waals surface area contributed by atoms with Crippen LogP contribution in [0.1, 0.15) is 31.2 Å². The zero-order valence-corrected chi connectivity index (χ0v) is 16.7. The number of carbonyl (C=O) groups is 1. The van der Waals surface area contributed by atoms with E-state index in [4.69, 9.17) is 4.74 Å². The fraction of sp³-hybridized carbons (Fsp3) is 0.625. The van der Waals surface area contributed by atoms with Crippen LogP contribution in [-0.4, -0.2) is 61.8 Å². The highest BCUT2D eigenvalue weighted by atomic mass is 16.5. The minimum Gasteiger partial charge on any atom is -0.373 e. The second-order valence-electron chi connectivity index (χ2n) is 10.3. The summed E-state index contributed by atoms with van der Waals surface area (Å²) in [5.41, 5.74) is 5.75. The maximum Gasteiger partial charge on any atom is 0.229 e. The molecule has 1 spiro atoms. The predicted octanol–water partition coefficient (Wildman–Crippen LogP) is 2.30. The van der Waals surface area contributed by atoms with Crippen LogP contribution in [0.4, 0.5) is 11.4 Å². The minimum absolute atomic E-state index is 0.0941. The van der Waals surface area contributed by atoms with E-state index in [1.807, 2.05) is 0 Å². The van der Waals surface area contributed by atoms with Gasteiger partial charge in [-0.2, -0.15) is 0 Å². The molecule has 1 aromatic rings. The molecule has 8 rings (SSSR count). The van der Waals surface area contributed by atoms with Crippen molar-refractivity contribution in [3.8, 4) is 0 Å². The zero-order chi connectivity index (χ0) is 18.9. The van der Waals surface area contributed by atoms with E-state index in [0.29, 0.717) is 30.9 Å². The van der Waals surface area contributed by atoms with Crippen molar-refractivity contribution >= 4 is 17.3 Å². The van der Waals surface area contributed by atoms with Crippen molar-refractivity contribution in [2.45, 2.75) is 49.3 Å². The molecule has 7 aliphatic rings. The van der Waals surface area contributed by atoms with E-state index in [9.17, 15) is 4.79 Å². The Morgan fingerprint density at radius 2 is 2.10 bits per heavy atom. The van der Waals surface area contributed by atoms with Crippen molar-refractivity contribution in [3.63, 3.8) is 0 Å². The summed E-state index contributed by atoms with van der Waals surface area (Å²) < 4.78 is 6.33. The standard InChI is InChI=1S/C24H27N3O2/c28-21-12-19-22-16-11-20-24(5-8-26(20)13-14(16)4-9-29-19)17-10-15(25-6-1-7-25)2-3-18(17)27(21)23(22)24/h2-4,10,16,19-20,22-23H,1,5-9,11-13H2/t16-,19-,20-,22-,23-,24+/m0/s1. The van der Waals surface area contributed by atoms with Crippen LogP contribution in [0, 0.1) is 11.8 Å². The van der Waals surface area contributed by atoms with Crippen LogP contribution in [0.25, 0.3) is 0 Å². The molecule has 0 unspecified atom stereocenters. The molecule has 1 aliphatic carbocycles. The molecule has 0 radical (unpaired) electrons. The molecule has 0 aromatic heterocycles. The van der Waals surface area contributed by atoms with E-state index in [2.05, 4.69) is 39.0 Å². The van der Waals surface area contributed by atoms with Crippen molar-refractivity contribution < 1.29 is 9.53 Å². The van der Waals surface area contributed by atoms with Gasteiger partial charge >= 0.3 is 0 Å². The average molecular weight is 389 g/mol. The smallest absolute Gasteiger partial charge is 0.229 e. The summed E-state index contributed by atoms with van der Waals surface area (Å²) in [5, 5.41) is 0. The number of rotatable bonds is 1. The van der Waals surface area contributed by atoms with Gasteiger partial charge in [0.05, 0.1) is 25.2 Å². The number of amides is 1. The van der Waals surface area contributed by atoms with Crippen molar-refractivity contribution in [1.29, 1.82) is 0 Å². The monoisotopic (exact) mass is 389 g/mol. The summed E-state index contributed by atoms with van der Waals surface area (Å²) in [4.78, 5) is 20.9. The number of hydrogen-bond acceptors (Lipinski definition) is 4. The fourth-order valence-corrected chi connectivity index (χ4v) is 8.31. The van der Waals surface area contributed by atoms with Gasteiger partial charge < -0.3 is 14.5 Å². The Balaban J connectivity index is 1.39. The predicted molar refractivity (Wildman–Crippen MR) is 110 cm³/mol. The summed E-state index contributed by atoms with van der Waals surface area (Å²) in [7, 11) is 0. The van der Waals surface area contributed by atoms with Crippen molar-refractivity contribution in [3.05, 3.63) is 35.4 Å². The van der Waals surface area contributed by atoms with E-state index in [1.54, 1.807) is 5.57 Å². The van der Waals surface area contributed by atoms with Gasteiger partial charge in [0.15, 0.2) is 0 Å². The highest BCUT2D eigenvalue weighted by Crippen LogP contribution is 2.66. The molecule has 5 heteroatoms. The number of nitrogens with zero attached hydrogens (tertiary/aromatic N) is 3. The quantitative estimate of drug-likeness (QED) is 0.691. The summed E-state index contributed by atoms with van der Waals surface area (Å²) >= 11 is 0. The van der Waals surface area contributed by atoms with Crippen molar-refractivity contribution in [2.24, 2.45) is 11.8 Å². The summed E-state index contributed by atoms with van der Waals surface area (Å²) in [5.74, 6) is 1.34. The maximum absolute atomic E-state index is 13.5. The first-order chi connectivity index (χ1) is 14.3. The molecule has 5 nitrogen and oxygen atoms in total. The molecule has 4 saturated heterocycles. The SMILES string of the molecule is O=C1C[C@@H]2OCC=C3CN4CC[C@]56c7cc(N8CCC8)ccc7N1[C@H]5[C@H]2[C@H]3C[C@H]46. The Morgan fingerprint density at radius 3 is 2.97 bits per heavy atom. The number of ether oxygens (including phenoxy) is 1. The number of carbonyl (C=O) groups excluding carboxylic acids is 1. The van der Waals surface area contributed by atoms with Gasteiger partial charge in [-0.25, -0.2) is 0 Å². The highest BCUT2D eigenvalue weighted by molar-refractivity contribution is 5.99. The van der Waals surface area contributed by atoms with E-state index in [0.717, 1.165) is 6.54 Å². The lowest BCUT2D eigenvalue weighted by molar-refractivity contribution is -0.132. The molecule has 1 aromatic carbocycles.